The van der Waals surface area contributed by atoms with Crippen LogP contribution in [-0.2, 0) is 11.5 Å². The van der Waals surface area contributed by atoms with E-state index in [0.717, 1.165) is 11.5 Å². The van der Waals surface area contributed by atoms with Gasteiger partial charge in [-0.3, -0.25) is 0 Å². The lowest BCUT2D eigenvalue weighted by molar-refractivity contribution is 1.42. The van der Waals surface area contributed by atoms with Crippen molar-refractivity contribution in [1.29, 1.82) is 0 Å². The average molecular weight is 220 g/mol. The smallest absolute Gasteiger partial charge is 0.0154 e. The predicted octanol–water partition coefficient (Wildman–Crippen LogP) is 3.70. The van der Waals surface area contributed by atoms with Crippen LogP contribution in [0, 0.1) is 0 Å². The molecule has 0 N–H and O–H groups in total. The van der Waals surface area contributed by atoms with Gasteiger partial charge in [0.05, 0.1) is 0 Å². The summed E-state index contributed by atoms with van der Waals surface area (Å²) < 4.78 is 0. The molecule has 0 aliphatic carbocycles. The molecule has 0 amide bonds. The maximum atomic E-state index is 4.27. The number of hydrogen-bond donors (Lipinski definition) is 2. The van der Waals surface area contributed by atoms with Crippen molar-refractivity contribution < 1.29 is 0 Å². The molecular weight excluding hydrogens is 208 g/mol. The Morgan fingerprint density at radius 3 is 1.64 bits per heavy atom. The van der Waals surface area contributed by atoms with E-state index in [-0.39, 0.29) is 0 Å². The van der Waals surface area contributed by atoms with Crippen LogP contribution >= 0.6 is 25.3 Å². The maximum absolute atomic E-state index is 4.27. The van der Waals surface area contributed by atoms with Crippen molar-refractivity contribution >= 4 is 36.0 Å². The van der Waals surface area contributed by atoms with Crippen LogP contribution in [0.15, 0.2) is 36.4 Å². The number of rotatable bonds is 2. The molecule has 0 nitrogen and oxygen atoms in total. The number of thiol groups is 2. The third kappa shape index (κ3) is 1.91. The lowest BCUT2D eigenvalue weighted by Crippen LogP contribution is -1.81. The number of benzene rings is 2. The van der Waals surface area contributed by atoms with Crippen LogP contribution in [0.25, 0.3) is 10.8 Å². The minimum absolute atomic E-state index is 0.793. The molecule has 2 rings (SSSR count). The van der Waals surface area contributed by atoms with Gasteiger partial charge in [0.2, 0.25) is 0 Å². The Morgan fingerprint density at radius 1 is 0.714 bits per heavy atom. The van der Waals surface area contributed by atoms with Gasteiger partial charge in [-0.15, -0.1) is 0 Å². The third-order valence-electron chi connectivity index (χ3n) is 2.33. The Kier molecular flexibility index (Phi) is 3.04. The Labute approximate surface area is 95.2 Å². The first kappa shape index (κ1) is 9.94. The summed E-state index contributed by atoms with van der Waals surface area (Å²) in [5, 5.41) is 2.56. The molecule has 72 valence electrons. The molecule has 2 aromatic rings. The Balaban J connectivity index is 2.60. The minimum atomic E-state index is 0.793. The van der Waals surface area contributed by atoms with Gasteiger partial charge in [0, 0.05) is 11.5 Å². The first-order chi connectivity index (χ1) is 6.83. The fourth-order valence-electron chi connectivity index (χ4n) is 1.54. The first-order valence-electron chi connectivity index (χ1n) is 4.57. The van der Waals surface area contributed by atoms with Crippen molar-refractivity contribution in [2.75, 3.05) is 0 Å². The second-order valence-electron chi connectivity index (χ2n) is 3.33. The summed E-state index contributed by atoms with van der Waals surface area (Å²) in [6.07, 6.45) is 0. The summed E-state index contributed by atoms with van der Waals surface area (Å²) in [7, 11) is 0. The van der Waals surface area contributed by atoms with E-state index < -0.39 is 0 Å². The number of hydrogen-bond acceptors (Lipinski definition) is 2. The van der Waals surface area contributed by atoms with Crippen LogP contribution in [0.3, 0.4) is 0 Å². The summed E-state index contributed by atoms with van der Waals surface area (Å²) in [4.78, 5) is 0. The van der Waals surface area contributed by atoms with E-state index in [1.54, 1.807) is 0 Å². The Hall–Kier alpha value is -0.600. The highest BCUT2D eigenvalue weighted by molar-refractivity contribution is 7.79. The molecule has 0 aliphatic rings. The highest BCUT2D eigenvalue weighted by Gasteiger charge is 1.96. The second kappa shape index (κ2) is 4.28. The molecule has 0 atom stereocenters. The van der Waals surface area contributed by atoms with E-state index in [1.165, 1.54) is 21.9 Å². The zero-order valence-electron chi connectivity index (χ0n) is 7.77. The van der Waals surface area contributed by atoms with Gasteiger partial charge >= 0.3 is 0 Å². The van der Waals surface area contributed by atoms with Crippen LogP contribution in [0.2, 0.25) is 0 Å². The van der Waals surface area contributed by atoms with Gasteiger partial charge in [-0.2, -0.15) is 25.3 Å². The van der Waals surface area contributed by atoms with Crippen molar-refractivity contribution in [2.45, 2.75) is 11.5 Å². The highest BCUT2D eigenvalue weighted by atomic mass is 32.1. The molecular formula is C12H12S2. The Bertz CT molecular complexity index is 410. The molecule has 0 radical (unpaired) electrons. The van der Waals surface area contributed by atoms with E-state index in [1.807, 2.05) is 0 Å². The summed E-state index contributed by atoms with van der Waals surface area (Å²) in [5.74, 6) is 1.59. The molecule has 0 spiro atoms. The molecule has 0 fully saturated rings. The van der Waals surface area contributed by atoms with Crippen LogP contribution in [-0.4, -0.2) is 0 Å². The van der Waals surface area contributed by atoms with Gasteiger partial charge in [0.25, 0.3) is 0 Å². The molecule has 0 bridgehead atoms. The zero-order valence-corrected chi connectivity index (χ0v) is 9.56. The van der Waals surface area contributed by atoms with Crippen LogP contribution in [0.5, 0.6) is 0 Å². The standard InChI is InChI=1S/C12H12S2/c13-7-9-1-3-11-4-2-10(8-14)6-12(11)5-9/h1-6,13-14H,7-8H2. The molecule has 0 aliphatic heterocycles. The van der Waals surface area contributed by atoms with Gasteiger partial charge in [0.15, 0.2) is 0 Å². The van der Waals surface area contributed by atoms with Gasteiger partial charge in [0.1, 0.15) is 0 Å². The molecule has 0 saturated heterocycles. The SMILES string of the molecule is SCc1ccc2ccc(CS)cc2c1. The molecule has 0 aromatic heterocycles. The molecule has 0 unspecified atom stereocenters. The summed E-state index contributed by atoms with van der Waals surface area (Å²) in [6, 6.07) is 12.9. The molecule has 2 aromatic carbocycles. The van der Waals surface area contributed by atoms with Crippen LogP contribution < -0.4 is 0 Å². The van der Waals surface area contributed by atoms with Crippen molar-refractivity contribution in [1.82, 2.24) is 0 Å². The zero-order chi connectivity index (χ0) is 9.97. The van der Waals surface area contributed by atoms with Crippen LogP contribution in [0.1, 0.15) is 11.1 Å². The van der Waals surface area contributed by atoms with Gasteiger partial charge in [-0.1, -0.05) is 36.4 Å². The summed E-state index contributed by atoms with van der Waals surface area (Å²) in [6.45, 7) is 0. The van der Waals surface area contributed by atoms with Gasteiger partial charge in [-0.25, -0.2) is 0 Å². The Morgan fingerprint density at radius 2 is 1.21 bits per heavy atom. The highest BCUT2D eigenvalue weighted by Crippen LogP contribution is 2.19. The van der Waals surface area contributed by atoms with Crippen molar-refractivity contribution in [3.05, 3.63) is 47.5 Å². The lowest BCUT2D eigenvalue weighted by atomic mass is 10.1. The lowest BCUT2D eigenvalue weighted by Gasteiger charge is -2.03. The largest absolute Gasteiger partial charge is 0.175 e. The average Bonchev–Trinajstić information content (AvgIpc) is 2.27. The summed E-state index contributed by atoms with van der Waals surface area (Å²) >= 11 is 8.54. The minimum Gasteiger partial charge on any atom is -0.175 e. The fraction of sp³-hybridized carbons (Fsp3) is 0.167. The van der Waals surface area contributed by atoms with Crippen molar-refractivity contribution in [2.24, 2.45) is 0 Å². The van der Waals surface area contributed by atoms with E-state index >= 15 is 0 Å². The first-order valence-corrected chi connectivity index (χ1v) is 5.83. The molecule has 0 heterocycles. The molecule has 14 heavy (non-hydrogen) atoms. The molecule has 2 heteroatoms. The monoisotopic (exact) mass is 220 g/mol. The van der Waals surface area contributed by atoms with E-state index in [9.17, 15) is 0 Å². The maximum Gasteiger partial charge on any atom is 0.0154 e. The van der Waals surface area contributed by atoms with Crippen molar-refractivity contribution in [3.63, 3.8) is 0 Å². The van der Waals surface area contributed by atoms with Crippen LogP contribution in [0.4, 0.5) is 0 Å². The van der Waals surface area contributed by atoms with Gasteiger partial charge < -0.3 is 0 Å². The normalized spacial score (nSPS) is 10.7. The van der Waals surface area contributed by atoms with Gasteiger partial charge in [-0.05, 0) is 21.9 Å². The third-order valence-corrected chi connectivity index (χ3v) is 3.06. The van der Waals surface area contributed by atoms with E-state index in [2.05, 4.69) is 61.7 Å². The summed E-state index contributed by atoms with van der Waals surface area (Å²) in [5.41, 5.74) is 2.52. The quantitative estimate of drug-likeness (QED) is 0.708. The second-order valence-corrected chi connectivity index (χ2v) is 3.96. The fourth-order valence-corrected chi connectivity index (χ4v) is 1.94. The van der Waals surface area contributed by atoms with Crippen molar-refractivity contribution in [3.8, 4) is 0 Å². The number of fused-ring (bicyclic) bond motifs is 1. The van der Waals surface area contributed by atoms with E-state index in [4.69, 9.17) is 0 Å². The predicted molar refractivity (Wildman–Crippen MR) is 69.3 cm³/mol. The van der Waals surface area contributed by atoms with E-state index in [0.29, 0.717) is 0 Å². The topological polar surface area (TPSA) is 0 Å². The molecule has 0 saturated carbocycles.